The number of aliphatic hydroxyl groups is 1. The summed E-state index contributed by atoms with van der Waals surface area (Å²) in [5.41, 5.74) is 3.32. The van der Waals surface area contributed by atoms with Crippen molar-refractivity contribution in [1.82, 2.24) is 0 Å². The van der Waals surface area contributed by atoms with Gasteiger partial charge in [0.05, 0.1) is 6.10 Å². The number of phosphoric ester groups is 1. The Morgan fingerprint density at radius 1 is 0.857 bits per heavy atom. The highest BCUT2D eigenvalue weighted by atomic mass is 31.2. The molecule has 1 aliphatic carbocycles. The highest BCUT2D eigenvalue weighted by Crippen LogP contribution is 2.54. The van der Waals surface area contributed by atoms with Crippen molar-refractivity contribution >= 4 is 7.82 Å². The Labute approximate surface area is 165 Å². The highest BCUT2D eigenvalue weighted by molar-refractivity contribution is 7.49. The van der Waals surface area contributed by atoms with E-state index in [4.69, 9.17) is 13.6 Å². The quantitative estimate of drug-likeness (QED) is 0.630. The summed E-state index contributed by atoms with van der Waals surface area (Å²) in [4.78, 5) is 0. The third-order valence-corrected chi connectivity index (χ3v) is 5.73. The fourth-order valence-corrected chi connectivity index (χ4v) is 4.48. The third kappa shape index (κ3) is 4.67. The second-order valence-corrected chi connectivity index (χ2v) is 8.37. The van der Waals surface area contributed by atoms with Gasteiger partial charge in [-0.3, -0.25) is 0 Å². The van der Waals surface area contributed by atoms with Crippen LogP contribution in [0.2, 0.25) is 0 Å². The number of hydrogen-bond acceptors (Lipinski definition) is 5. The predicted molar refractivity (Wildman–Crippen MR) is 110 cm³/mol. The minimum Gasteiger partial charge on any atom is -0.389 e. The molecule has 0 amide bonds. The molecular formula is C22H25O5P. The summed E-state index contributed by atoms with van der Waals surface area (Å²) in [7, 11) is -4.06. The van der Waals surface area contributed by atoms with Gasteiger partial charge in [-0.15, -0.1) is 0 Å². The minimum absolute atomic E-state index is 0.339. The van der Waals surface area contributed by atoms with Gasteiger partial charge in [-0.1, -0.05) is 42.5 Å². The zero-order valence-corrected chi connectivity index (χ0v) is 17.4. The molecule has 28 heavy (non-hydrogen) atoms. The summed E-state index contributed by atoms with van der Waals surface area (Å²) in [6, 6.07) is 11.3. The summed E-state index contributed by atoms with van der Waals surface area (Å²) in [5, 5.41) is 9.62. The molecule has 2 aromatic rings. The van der Waals surface area contributed by atoms with Crippen LogP contribution in [-0.4, -0.2) is 11.2 Å². The van der Waals surface area contributed by atoms with Gasteiger partial charge in [0.25, 0.3) is 0 Å². The van der Waals surface area contributed by atoms with E-state index in [2.05, 4.69) is 0 Å². The molecule has 0 fully saturated rings. The van der Waals surface area contributed by atoms with Crippen LogP contribution in [-0.2, 0) is 9.09 Å². The molecule has 1 atom stereocenters. The van der Waals surface area contributed by atoms with Crippen molar-refractivity contribution < 1.29 is 23.2 Å². The van der Waals surface area contributed by atoms with Crippen LogP contribution >= 0.6 is 7.82 Å². The van der Waals surface area contributed by atoms with Gasteiger partial charge in [0.1, 0.15) is 17.3 Å². The van der Waals surface area contributed by atoms with E-state index in [9.17, 15) is 9.67 Å². The lowest BCUT2D eigenvalue weighted by molar-refractivity contribution is 0.217. The summed E-state index contributed by atoms with van der Waals surface area (Å²) >= 11 is 0. The van der Waals surface area contributed by atoms with Crippen molar-refractivity contribution in [2.24, 2.45) is 0 Å². The second-order valence-electron chi connectivity index (χ2n) is 6.93. The van der Waals surface area contributed by atoms with E-state index in [1.54, 1.807) is 18.2 Å². The molecule has 6 heteroatoms. The lowest BCUT2D eigenvalue weighted by Crippen LogP contribution is -2.10. The summed E-state index contributed by atoms with van der Waals surface area (Å²) < 4.78 is 31.2. The maximum absolute atomic E-state index is 13.7. The fraction of sp³-hybridized carbons (Fsp3) is 0.273. The fourth-order valence-electron chi connectivity index (χ4n) is 2.95. The van der Waals surface area contributed by atoms with Gasteiger partial charge in [-0.05, 0) is 68.5 Å². The molecule has 0 aliphatic heterocycles. The van der Waals surface area contributed by atoms with Gasteiger partial charge >= 0.3 is 7.82 Å². The van der Waals surface area contributed by atoms with Gasteiger partial charge in [0.15, 0.2) is 0 Å². The molecule has 1 aliphatic rings. The molecule has 0 aromatic heterocycles. The van der Waals surface area contributed by atoms with E-state index >= 15 is 0 Å². The Morgan fingerprint density at radius 3 is 1.71 bits per heavy atom. The summed E-state index contributed by atoms with van der Waals surface area (Å²) in [6.07, 6.45) is 4.62. The van der Waals surface area contributed by atoms with E-state index < -0.39 is 13.9 Å². The van der Waals surface area contributed by atoms with Crippen molar-refractivity contribution in [2.45, 2.75) is 40.2 Å². The van der Waals surface area contributed by atoms with Gasteiger partial charge < -0.3 is 18.7 Å². The summed E-state index contributed by atoms with van der Waals surface area (Å²) in [6.45, 7) is 7.51. The third-order valence-electron chi connectivity index (χ3n) is 4.48. The first kappa shape index (κ1) is 20.2. The van der Waals surface area contributed by atoms with Crippen LogP contribution in [0.5, 0.6) is 11.5 Å². The normalized spacial score (nSPS) is 16.5. The van der Waals surface area contributed by atoms with Crippen LogP contribution in [0.25, 0.3) is 0 Å². The van der Waals surface area contributed by atoms with Crippen LogP contribution in [0.3, 0.4) is 0 Å². The number of hydrogen-bond donors (Lipinski definition) is 1. The van der Waals surface area contributed by atoms with Crippen LogP contribution in [0.15, 0.2) is 60.4 Å². The summed E-state index contributed by atoms with van der Waals surface area (Å²) in [5.74, 6) is 1.28. The average Bonchev–Trinajstić information content (AvgIpc) is 2.64. The zero-order chi connectivity index (χ0) is 20.3. The molecule has 1 unspecified atom stereocenters. The van der Waals surface area contributed by atoms with Crippen molar-refractivity contribution in [1.29, 1.82) is 0 Å². The highest BCUT2D eigenvalue weighted by Gasteiger charge is 2.36. The first-order valence-electron chi connectivity index (χ1n) is 9.15. The molecule has 0 saturated heterocycles. The molecule has 148 valence electrons. The van der Waals surface area contributed by atoms with E-state index in [1.165, 1.54) is 0 Å². The number of aliphatic hydroxyl groups excluding tert-OH is 1. The molecule has 0 bridgehead atoms. The number of phosphoric acid groups is 1. The van der Waals surface area contributed by atoms with Gasteiger partial charge in [0, 0.05) is 0 Å². The molecule has 1 N–H and O–H groups in total. The standard InChI is InChI=1S/C22H25O5P/c1-15-7-5-8-16(2)21(15)26-28(24,25-20-13-11-19(23)12-14-20)27-22-17(3)9-6-10-18(22)4/h5-11,13-14,19,23H,12H2,1-4H3. The monoisotopic (exact) mass is 400 g/mol. The van der Waals surface area contributed by atoms with Crippen molar-refractivity contribution in [2.75, 3.05) is 0 Å². The Hall–Kier alpha value is -2.49. The Morgan fingerprint density at radius 2 is 1.32 bits per heavy atom. The second kappa shape index (κ2) is 8.26. The maximum Gasteiger partial charge on any atom is 0.647 e. The first-order chi connectivity index (χ1) is 13.3. The molecule has 0 spiro atoms. The lowest BCUT2D eigenvalue weighted by atomic mass is 10.1. The maximum atomic E-state index is 13.7. The SMILES string of the molecule is Cc1cccc(C)c1OP(=O)(OC1=CCC(O)C=C1)Oc1c(C)cccc1C. The smallest absolute Gasteiger partial charge is 0.389 e. The number of allylic oxidation sites excluding steroid dienone is 1. The zero-order valence-electron chi connectivity index (χ0n) is 16.5. The molecule has 5 nitrogen and oxygen atoms in total. The number of benzene rings is 2. The number of rotatable bonds is 6. The van der Waals surface area contributed by atoms with Gasteiger partial charge in [-0.2, -0.15) is 4.57 Å². The van der Waals surface area contributed by atoms with Crippen LogP contribution in [0.4, 0.5) is 0 Å². The van der Waals surface area contributed by atoms with Crippen molar-refractivity contribution in [3.05, 3.63) is 82.6 Å². The lowest BCUT2D eigenvalue weighted by Gasteiger charge is -2.24. The molecule has 3 rings (SSSR count). The first-order valence-corrected chi connectivity index (χ1v) is 10.6. The topological polar surface area (TPSA) is 65.0 Å². The van der Waals surface area contributed by atoms with Crippen LogP contribution < -0.4 is 9.05 Å². The van der Waals surface area contributed by atoms with E-state index in [-0.39, 0.29) is 0 Å². The van der Waals surface area contributed by atoms with E-state index in [0.29, 0.717) is 23.7 Å². The Bertz CT molecular complexity index is 879. The number of para-hydroxylation sites is 2. The van der Waals surface area contributed by atoms with Gasteiger partial charge in [-0.25, -0.2) is 0 Å². The molecule has 0 radical (unpaired) electrons. The van der Waals surface area contributed by atoms with E-state index in [1.807, 2.05) is 64.1 Å². The van der Waals surface area contributed by atoms with E-state index in [0.717, 1.165) is 22.3 Å². The van der Waals surface area contributed by atoms with Crippen molar-refractivity contribution in [3.8, 4) is 11.5 Å². The predicted octanol–water partition coefficient (Wildman–Crippen LogP) is 5.71. The van der Waals surface area contributed by atoms with Gasteiger partial charge in [0.2, 0.25) is 0 Å². The van der Waals surface area contributed by atoms with Crippen molar-refractivity contribution in [3.63, 3.8) is 0 Å². The molecule has 0 heterocycles. The molecule has 2 aromatic carbocycles. The molecular weight excluding hydrogens is 375 g/mol. The Kier molecular flexibility index (Phi) is 5.97. The van der Waals surface area contributed by atoms with Crippen LogP contribution in [0, 0.1) is 27.7 Å². The Balaban J connectivity index is 1.98. The average molecular weight is 400 g/mol. The molecule has 0 saturated carbocycles. The van der Waals surface area contributed by atoms with Crippen LogP contribution in [0.1, 0.15) is 28.7 Å². The minimum atomic E-state index is -4.06. The largest absolute Gasteiger partial charge is 0.647 e. The number of aryl methyl sites for hydroxylation is 4.